The van der Waals surface area contributed by atoms with Crippen molar-refractivity contribution in [3.05, 3.63) is 71.0 Å². The minimum Gasteiger partial charge on any atom is -0.355 e. The molecule has 1 spiro atoms. The third kappa shape index (κ3) is 3.93. The number of hydrogen-bond acceptors (Lipinski definition) is 2. The number of carbonyl (C=O) groups excluding carboxylic acids is 2. The highest BCUT2D eigenvalue weighted by Crippen LogP contribution is 2.49. The Morgan fingerprint density at radius 2 is 1.74 bits per heavy atom. The largest absolute Gasteiger partial charge is 0.355 e. The van der Waals surface area contributed by atoms with Gasteiger partial charge >= 0.3 is 5.92 Å². The molecule has 0 aliphatic carbocycles. The van der Waals surface area contributed by atoms with Crippen LogP contribution >= 0.6 is 0 Å². The van der Waals surface area contributed by atoms with Gasteiger partial charge in [0.2, 0.25) is 5.91 Å². The Labute approximate surface area is 179 Å². The van der Waals surface area contributed by atoms with E-state index in [9.17, 15) is 22.8 Å². The van der Waals surface area contributed by atoms with E-state index in [0.717, 1.165) is 5.56 Å². The number of piperidine rings is 2. The predicted molar refractivity (Wildman–Crippen MR) is 110 cm³/mol. The van der Waals surface area contributed by atoms with Gasteiger partial charge in [0, 0.05) is 37.5 Å². The average Bonchev–Trinajstić information content (AvgIpc) is 2.75. The fraction of sp³-hybridized carbons (Fsp3) is 0.417. The number of hydrogen-bond donors (Lipinski definition) is 1. The van der Waals surface area contributed by atoms with Crippen LogP contribution in [0.25, 0.3) is 0 Å². The highest BCUT2D eigenvalue weighted by atomic mass is 19.3. The Morgan fingerprint density at radius 3 is 2.39 bits per heavy atom. The van der Waals surface area contributed by atoms with Crippen LogP contribution in [-0.4, -0.2) is 36.3 Å². The molecule has 0 radical (unpaired) electrons. The molecule has 2 heterocycles. The summed E-state index contributed by atoms with van der Waals surface area (Å²) in [4.78, 5) is 26.2. The molecular weight excluding hydrogens is 405 g/mol. The van der Waals surface area contributed by atoms with Gasteiger partial charge in [-0.3, -0.25) is 9.59 Å². The number of carbonyl (C=O) groups is 2. The summed E-state index contributed by atoms with van der Waals surface area (Å²) >= 11 is 0. The smallest absolute Gasteiger partial charge is 0.350 e. The van der Waals surface area contributed by atoms with Gasteiger partial charge in [-0.1, -0.05) is 36.4 Å². The Kier molecular flexibility index (Phi) is 5.54. The Bertz CT molecular complexity index is 983. The van der Waals surface area contributed by atoms with E-state index in [4.69, 9.17) is 0 Å². The van der Waals surface area contributed by atoms with Gasteiger partial charge in [-0.2, -0.15) is 8.78 Å². The van der Waals surface area contributed by atoms with E-state index in [1.165, 1.54) is 29.2 Å². The number of benzene rings is 2. The number of rotatable bonds is 3. The van der Waals surface area contributed by atoms with Crippen LogP contribution in [0.2, 0.25) is 0 Å². The maximum absolute atomic E-state index is 15.0. The summed E-state index contributed by atoms with van der Waals surface area (Å²) in [6.07, 6.45) is 1.15. The average molecular weight is 430 g/mol. The third-order valence-corrected chi connectivity index (χ3v) is 6.83. The molecule has 2 amide bonds. The SMILES string of the molecule is Cc1ccccc1C(F)(F)C(=O)N1CCC2(CC1)CC(=O)NC[C@H]2c1ccc(F)cc1. The molecule has 2 saturated heterocycles. The zero-order valence-corrected chi connectivity index (χ0v) is 17.3. The molecule has 1 N–H and O–H groups in total. The molecule has 0 saturated carbocycles. The van der Waals surface area contributed by atoms with E-state index in [1.807, 2.05) is 0 Å². The topological polar surface area (TPSA) is 49.4 Å². The zero-order valence-electron chi connectivity index (χ0n) is 17.3. The quantitative estimate of drug-likeness (QED) is 0.796. The van der Waals surface area contributed by atoms with Gasteiger partial charge in [0.15, 0.2) is 0 Å². The van der Waals surface area contributed by atoms with Crippen LogP contribution in [0, 0.1) is 18.2 Å². The monoisotopic (exact) mass is 430 g/mol. The molecule has 2 aromatic carbocycles. The highest BCUT2D eigenvalue weighted by Gasteiger charge is 2.50. The molecule has 2 aromatic rings. The van der Waals surface area contributed by atoms with Crippen molar-refractivity contribution in [1.29, 1.82) is 0 Å². The summed E-state index contributed by atoms with van der Waals surface area (Å²) in [5.74, 6) is -5.27. The lowest BCUT2D eigenvalue weighted by Crippen LogP contribution is -2.54. The molecule has 2 aliphatic heterocycles. The standard InChI is InChI=1S/C24H25F3N2O2/c1-16-4-2-3-5-19(16)24(26,27)22(31)29-12-10-23(11-13-29)14-21(30)28-15-20(23)17-6-8-18(25)9-7-17/h2-9,20H,10-15H2,1H3,(H,28,30)/t20-/m0/s1. The summed E-state index contributed by atoms with van der Waals surface area (Å²) in [5, 5.41) is 2.87. The van der Waals surface area contributed by atoms with E-state index < -0.39 is 17.2 Å². The highest BCUT2D eigenvalue weighted by molar-refractivity contribution is 5.85. The molecule has 164 valence electrons. The number of nitrogens with zero attached hydrogens (tertiary/aromatic N) is 1. The summed E-state index contributed by atoms with van der Waals surface area (Å²) in [6, 6.07) is 12.2. The van der Waals surface area contributed by atoms with Gasteiger partial charge in [0.1, 0.15) is 5.82 Å². The first-order valence-electron chi connectivity index (χ1n) is 10.5. The van der Waals surface area contributed by atoms with E-state index in [2.05, 4.69) is 5.32 Å². The molecule has 0 unspecified atom stereocenters. The van der Waals surface area contributed by atoms with Gasteiger partial charge < -0.3 is 10.2 Å². The van der Waals surface area contributed by atoms with Gasteiger partial charge in [0.25, 0.3) is 5.91 Å². The third-order valence-electron chi connectivity index (χ3n) is 6.83. The first-order chi connectivity index (χ1) is 14.7. The number of likely N-dealkylation sites (tertiary alicyclic amines) is 1. The lowest BCUT2D eigenvalue weighted by atomic mass is 9.62. The van der Waals surface area contributed by atoms with Crippen molar-refractivity contribution < 1.29 is 22.8 Å². The van der Waals surface area contributed by atoms with Crippen LogP contribution in [0.4, 0.5) is 13.2 Å². The molecule has 0 aromatic heterocycles. The second kappa shape index (κ2) is 8.02. The van der Waals surface area contributed by atoms with Crippen molar-refractivity contribution in [2.75, 3.05) is 19.6 Å². The molecule has 4 rings (SSSR count). The lowest BCUT2D eigenvalue weighted by Gasteiger charge is -2.49. The molecule has 31 heavy (non-hydrogen) atoms. The van der Waals surface area contributed by atoms with Crippen molar-refractivity contribution in [3.63, 3.8) is 0 Å². The van der Waals surface area contributed by atoms with Crippen molar-refractivity contribution in [2.24, 2.45) is 5.41 Å². The number of aryl methyl sites for hydroxylation is 1. The van der Waals surface area contributed by atoms with Crippen LogP contribution in [0.1, 0.15) is 41.9 Å². The number of amides is 2. The molecule has 0 bridgehead atoms. The zero-order chi connectivity index (χ0) is 22.2. The van der Waals surface area contributed by atoms with E-state index in [0.29, 0.717) is 24.9 Å². The Morgan fingerprint density at radius 1 is 1.10 bits per heavy atom. The van der Waals surface area contributed by atoms with Gasteiger partial charge in [-0.25, -0.2) is 4.39 Å². The first-order valence-corrected chi connectivity index (χ1v) is 10.5. The van der Waals surface area contributed by atoms with E-state index >= 15 is 0 Å². The Hall–Kier alpha value is -2.83. The van der Waals surface area contributed by atoms with Crippen LogP contribution in [0.5, 0.6) is 0 Å². The second-order valence-corrected chi connectivity index (χ2v) is 8.63. The van der Waals surface area contributed by atoms with Crippen LogP contribution in [0.15, 0.2) is 48.5 Å². The predicted octanol–water partition coefficient (Wildman–Crippen LogP) is 4.14. The number of nitrogens with one attached hydrogen (secondary N) is 1. The van der Waals surface area contributed by atoms with Crippen molar-refractivity contribution in [1.82, 2.24) is 10.2 Å². The fourth-order valence-electron chi connectivity index (χ4n) is 5.02. The first kappa shape index (κ1) is 21.4. The summed E-state index contributed by atoms with van der Waals surface area (Å²) in [7, 11) is 0. The van der Waals surface area contributed by atoms with Gasteiger partial charge in [-0.05, 0) is 48.4 Å². The Balaban J connectivity index is 1.54. The van der Waals surface area contributed by atoms with Gasteiger partial charge in [0.05, 0.1) is 0 Å². The number of halogens is 3. The van der Waals surface area contributed by atoms with E-state index in [1.54, 1.807) is 31.2 Å². The fourth-order valence-corrected chi connectivity index (χ4v) is 5.02. The van der Waals surface area contributed by atoms with Crippen LogP contribution in [0.3, 0.4) is 0 Å². The summed E-state index contributed by atoms with van der Waals surface area (Å²) < 4.78 is 43.3. The lowest BCUT2D eigenvalue weighted by molar-refractivity contribution is -0.162. The molecule has 2 aliphatic rings. The van der Waals surface area contributed by atoms with Crippen molar-refractivity contribution >= 4 is 11.8 Å². The maximum atomic E-state index is 15.0. The molecule has 2 fully saturated rings. The molecule has 7 heteroatoms. The molecule has 4 nitrogen and oxygen atoms in total. The summed E-state index contributed by atoms with van der Waals surface area (Å²) in [5.41, 5.74) is 0.567. The maximum Gasteiger partial charge on any atom is 0.350 e. The van der Waals surface area contributed by atoms with Gasteiger partial charge in [-0.15, -0.1) is 0 Å². The second-order valence-electron chi connectivity index (χ2n) is 8.63. The number of alkyl halides is 2. The van der Waals surface area contributed by atoms with Crippen molar-refractivity contribution in [3.8, 4) is 0 Å². The van der Waals surface area contributed by atoms with Crippen LogP contribution < -0.4 is 5.32 Å². The minimum absolute atomic E-state index is 0.0556. The summed E-state index contributed by atoms with van der Waals surface area (Å²) in [6.45, 7) is 2.30. The normalized spacial score (nSPS) is 21.1. The van der Waals surface area contributed by atoms with E-state index in [-0.39, 0.29) is 42.7 Å². The minimum atomic E-state index is -3.60. The van der Waals surface area contributed by atoms with Crippen LogP contribution in [-0.2, 0) is 15.5 Å². The molecule has 1 atom stereocenters. The van der Waals surface area contributed by atoms with Crippen molar-refractivity contribution in [2.45, 2.75) is 38.0 Å². The molecular formula is C24H25F3N2O2.